The maximum absolute atomic E-state index is 13.4. The number of carbonyl (C=O) groups is 1. The minimum atomic E-state index is -0.514. The lowest BCUT2D eigenvalue weighted by Crippen LogP contribution is -2.42. The predicted molar refractivity (Wildman–Crippen MR) is 127 cm³/mol. The van der Waals surface area contributed by atoms with Crippen LogP contribution in [0, 0.1) is 6.92 Å². The van der Waals surface area contributed by atoms with E-state index >= 15 is 0 Å². The Hall–Kier alpha value is -3.87. The zero-order valence-corrected chi connectivity index (χ0v) is 18.7. The molecule has 0 saturated heterocycles. The first kappa shape index (κ1) is 21.4. The van der Waals surface area contributed by atoms with Crippen molar-refractivity contribution in [3.8, 4) is 11.1 Å². The Morgan fingerprint density at radius 3 is 2.34 bits per heavy atom. The van der Waals surface area contributed by atoms with Gasteiger partial charge in [-0.15, -0.1) is 0 Å². The van der Waals surface area contributed by atoms with Gasteiger partial charge in [0.25, 0.3) is 5.56 Å². The van der Waals surface area contributed by atoms with Crippen molar-refractivity contribution in [3.05, 3.63) is 87.2 Å². The van der Waals surface area contributed by atoms with Crippen molar-refractivity contribution in [2.24, 2.45) is 14.1 Å². The molecule has 0 unspecified atom stereocenters. The van der Waals surface area contributed by atoms with Crippen molar-refractivity contribution >= 4 is 22.6 Å². The summed E-state index contributed by atoms with van der Waals surface area (Å²) in [6.45, 7) is 4.16. The minimum absolute atomic E-state index is 0.172. The number of benzene rings is 2. The lowest BCUT2D eigenvalue weighted by molar-refractivity contribution is -0.119. The van der Waals surface area contributed by atoms with Crippen LogP contribution in [-0.4, -0.2) is 26.2 Å². The van der Waals surface area contributed by atoms with Crippen LogP contribution >= 0.6 is 0 Å². The van der Waals surface area contributed by atoms with Gasteiger partial charge in [-0.3, -0.25) is 18.7 Å². The maximum atomic E-state index is 13.4. The highest BCUT2D eigenvalue weighted by Crippen LogP contribution is 2.28. The van der Waals surface area contributed by atoms with Gasteiger partial charge in [-0.1, -0.05) is 42.5 Å². The summed E-state index contributed by atoms with van der Waals surface area (Å²) < 4.78 is 4.20. The standard InChI is InChI=1S/C25H26N4O3/c1-5-28(19-13-9-10-17(2)14-19)21(30)16-29-22-20(18-11-7-6-8-12-18)15-26(3)23(22)24(31)27(4)25(29)32/h6-15H,5,16H2,1-4H3. The number of likely N-dealkylation sites (N-methyl/N-ethyl adjacent to an activating group) is 1. The van der Waals surface area contributed by atoms with Crippen molar-refractivity contribution < 1.29 is 4.79 Å². The largest absolute Gasteiger partial charge is 0.344 e. The van der Waals surface area contributed by atoms with Crippen molar-refractivity contribution in [1.29, 1.82) is 0 Å². The third-order valence-electron chi connectivity index (χ3n) is 5.76. The van der Waals surface area contributed by atoms with E-state index < -0.39 is 5.69 Å². The normalized spacial score (nSPS) is 11.1. The zero-order valence-electron chi connectivity index (χ0n) is 18.7. The molecule has 0 saturated carbocycles. The summed E-state index contributed by atoms with van der Waals surface area (Å²) in [4.78, 5) is 41.1. The van der Waals surface area contributed by atoms with Crippen LogP contribution in [-0.2, 0) is 25.4 Å². The molecule has 0 N–H and O–H groups in total. The Labute approximate surface area is 185 Å². The van der Waals surface area contributed by atoms with Gasteiger partial charge in [0.2, 0.25) is 5.91 Å². The smallest absolute Gasteiger partial charge is 0.331 e. The van der Waals surface area contributed by atoms with E-state index in [-0.39, 0.29) is 18.0 Å². The van der Waals surface area contributed by atoms with E-state index in [1.807, 2.05) is 74.6 Å². The number of nitrogens with zero attached hydrogens (tertiary/aromatic N) is 4. The Kier molecular flexibility index (Phi) is 5.57. The van der Waals surface area contributed by atoms with Gasteiger partial charge >= 0.3 is 5.69 Å². The van der Waals surface area contributed by atoms with Crippen LogP contribution in [0.15, 0.2) is 70.4 Å². The summed E-state index contributed by atoms with van der Waals surface area (Å²) in [5.74, 6) is -0.219. The molecule has 2 aromatic heterocycles. The summed E-state index contributed by atoms with van der Waals surface area (Å²) in [6.07, 6.45) is 1.83. The second kappa shape index (κ2) is 8.34. The van der Waals surface area contributed by atoms with Gasteiger partial charge in [0.15, 0.2) is 0 Å². The number of hydrogen-bond acceptors (Lipinski definition) is 3. The highest BCUT2D eigenvalue weighted by atomic mass is 16.2. The Bertz CT molecular complexity index is 1430. The van der Waals surface area contributed by atoms with Crippen molar-refractivity contribution in [2.75, 3.05) is 11.4 Å². The molecule has 0 aliphatic rings. The predicted octanol–water partition coefficient (Wildman–Crippen LogP) is 3.07. The number of fused-ring (bicyclic) bond motifs is 1. The monoisotopic (exact) mass is 430 g/mol. The Morgan fingerprint density at radius 2 is 1.69 bits per heavy atom. The van der Waals surface area contributed by atoms with E-state index in [1.54, 1.807) is 16.5 Å². The van der Waals surface area contributed by atoms with E-state index in [4.69, 9.17) is 0 Å². The van der Waals surface area contributed by atoms with Gasteiger partial charge in [-0.05, 0) is 37.1 Å². The molecule has 2 heterocycles. The molecule has 32 heavy (non-hydrogen) atoms. The molecule has 0 aliphatic heterocycles. The first-order valence-electron chi connectivity index (χ1n) is 10.5. The number of aryl methyl sites for hydroxylation is 2. The van der Waals surface area contributed by atoms with Crippen LogP contribution in [0.1, 0.15) is 12.5 Å². The van der Waals surface area contributed by atoms with E-state index in [9.17, 15) is 14.4 Å². The molecule has 7 heteroatoms. The molecule has 4 aromatic rings. The van der Waals surface area contributed by atoms with Crippen molar-refractivity contribution in [2.45, 2.75) is 20.4 Å². The van der Waals surface area contributed by atoms with E-state index in [0.717, 1.165) is 26.9 Å². The second-order valence-electron chi connectivity index (χ2n) is 7.93. The van der Waals surface area contributed by atoms with Crippen molar-refractivity contribution in [1.82, 2.24) is 13.7 Å². The molecular weight excluding hydrogens is 404 g/mol. The van der Waals surface area contributed by atoms with Gasteiger partial charge in [0, 0.05) is 38.1 Å². The van der Waals surface area contributed by atoms with Crippen LogP contribution in [0.4, 0.5) is 5.69 Å². The topological polar surface area (TPSA) is 69.2 Å². The van der Waals surface area contributed by atoms with E-state index in [2.05, 4.69) is 0 Å². The number of hydrogen-bond donors (Lipinski definition) is 0. The Balaban J connectivity index is 1.91. The molecule has 4 rings (SSSR count). The molecule has 2 aromatic carbocycles. The highest BCUT2D eigenvalue weighted by Gasteiger charge is 2.23. The van der Waals surface area contributed by atoms with Crippen LogP contribution in [0.2, 0.25) is 0 Å². The summed E-state index contributed by atoms with van der Waals surface area (Å²) in [7, 11) is 3.22. The molecular formula is C25H26N4O3. The van der Waals surface area contributed by atoms with Crippen LogP contribution < -0.4 is 16.1 Å². The second-order valence-corrected chi connectivity index (χ2v) is 7.93. The molecule has 164 valence electrons. The number of anilines is 1. The lowest BCUT2D eigenvalue weighted by atomic mass is 10.1. The van der Waals surface area contributed by atoms with Gasteiger partial charge in [0.05, 0.1) is 5.52 Å². The average molecular weight is 431 g/mol. The number of carbonyl (C=O) groups excluding carboxylic acids is 1. The molecule has 0 aliphatic carbocycles. The minimum Gasteiger partial charge on any atom is -0.344 e. The van der Waals surface area contributed by atoms with Gasteiger partial charge in [0.1, 0.15) is 12.1 Å². The van der Waals surface area contributed by atoms with Gasteiger partial charge in [-0.25, -0.2) is 4.79 Å². The first-order chi connectivity index (χ1) is 15.3. The molecule has 1 amide bonds. The first-order valence-corrected chi connectivity index (χ1v) is 10.5. The zero-order chi connectivity index (χ0) is 23.0. The third-order valence-corrected chi connectivity index (χ3v) is 5.76. The fourth-order valence-corrected chi connectivity index (χ4v) is 4.16. The fraction of sp³-hybridized carbons (Fsp3) is 0.240. The molecule has 0 bridgehead atoms. The van der Waals surface area contributed by atoms with E-state index in [1.165, 1.54) is 11.6 Å². The molecule has 0 fully saturated rings. The fourth-order valence-electron chi connectivity index (χ4n) is 4.16. The third kappa shape index (κ3) is 3.56. The average Bonchev–Trinajstić information content (AvgIpc) is 3.13. The van der Waals surface area contributed by atoms with Crippen molar-refractivity contribution in [3.63, 3.8) is 0 Å². The van der Waals surface area contributed by atoms with E-state index in [0.29, 0.717) is 17.6 Å². The SMILES string of the molecule is CCN(C(=O)Cn1c(=O)n(C)c(=O)c2c1c(-c1ccccc1)cn2C)c1cccc(C)c1. The summed E-state index contributed by atoms with van der Waals surface area (Å²) in [6, 6.07) is 17.3. The van der Waals surface area contributed by atoms with Gasteiger partial charge < -0.3 is 9.47 Å². The molecule has 0 atom stereocenters. The number of rotatable bonds is 5. The number of amides is 1. The van der Waals surface area contributed by atoms with Gasteiger partial charge in [-0.2, -0.15) is 0 Å². The summed E-state index contributed by atoms with van der Waals surface area (Å²) >= 11 is 0. The van der Waals surface area contributed by atoms with Crippen LogP contribution in [0.3, 0.4) is 0 Å². The van der Waals surface area contributed by atoms with Crippen LogP contribution in [0.25, 0.3) is 22.2 Å². The van der Waals surface area contributed by atoms with Crippen LogP contribution in [0.5, 0.6) is 0 Å². The highest BCUT2D eigenvalue weighted by molar-refractivity contribution is 5.97. The molecule has 7 nitrogen and oxygen atoms in total. The lowest BCUT2D eigenvalue weighted by Gasteiger charge is -2.22. The molecule has 0 spiro atoms. The quantitative estimate of drug-likeness (QED) is 0.489. The summed E-state index contributed by atoms with van der Waals surface area (Å²) in [5, 5.41) is 0. The Morgan fingerprint density at radius 1 is 0.969 bits per heavy atom. The number of aromatic nitrogens is 3. The maximum Gasteiger partial charge on any atom is 0.331 e. The summed E-state index contributed by atoms with van der Waals surface area (Å²) in [5.41, 5.74) is 3.40. The molecule has 0 radical (unpaired) electrons.